The summed E-state index contributed by atoms with van der Waals surface area (Å²) in [5.41, 5.74) is 1.05. The van der Waals surface area contributed by atoms with Gasteiger partial charge in [0.25, 0.3) is 0 Å². The minimum absolute atomic E-state index is 0.0376. The Balaban J connectivity index is 3.05. The second kappa shape index (κ2) is 8.64. The molecule has 4 nitrogen and oxygen atoms in total. The zero-order chi connectivity index (χ0) is 16.6. The maximum Gasteiger partial charge on any atom is 0.406 e. The van der Waals surface area contributed by atoms with Crippen molar-refractivity contribution < 1.29 is 13.6 Å². The van der Waals surface area contributed by atoms with E-state index in [2.05, 4.69) is 31.9 Å². The standard InChI is InChI=1S/C17H28NO3P/c1-6-20-22(19,21-7-2)18-16(13-14-17(3,4)5)15-11-9-8-10-12-15/h8-14,16H,6-7H2,1-5H3,(H,18,19)/b14-13+. The van der Waals surface area contributed by atoms with E-state index in [-0.39, 0.29) is 11.5 Å². The molecular weight excluding hydrogens is 297 g/mol. The fourth-order valence-electron chi connectivity index (χ4n) is 1.90. The molecule has 1 aromatic carbocycles. The number of allylic oxidation sites excluding steroid dienone is 1. The molecule has 1 aromatic rings. The molecule has 0 heterocycles. The van der Waals surface area contributed by atoms with E-state index in [1.54, 1.807) is 13.8 Å². The molecule has 0 aliphatic carbocycles. The molecule has 0 radical (unpaired) electrons. The fourth-order valence-corrected chi connectivity index (χ4v) is 3.38. The minimum atomic E-state index is -3.32. The molecular formula is C17H28NO3P. The summed E-state index contributed by atoms with van der Waals surface area (Å²) in [7, 11) is -3.32. The van der Waals surface area contributed by atoms with E-state index in [0.29, 0.717) is 13.2 Å². The van der Waals surface area contributed by atoms with Crippen LogP contribution in [0.3, 0.4) is 0 Å². The molecule has 124 valence electrons. The van der Waals surface area contributed by atoms with E-state index in [4.69, 9.17) is 9.05 Å². The molecule has 0 saturated carbocycles. The number of hydrogen-bond acceptors (Lipinski definition) is 3. The summed E-state index contributed by atoms with van der Waals surface area (Å²) in [5, 5.41) is 3.05. The molecule has 5 heteroatoms. The molecule has 0 saturated heterocycles. The fraction of sp³-hybridized carbons (Fsp3) is 0.529. The zero-order valence-corrected chi connectivity index (χ0v) is 15.1. The van der Waals surface area contributed by atoms with E-state index in [1.807, 2.05) is 36.4 Å². The van der Waals surface area contributed by atoms with E-state index in [9.17, 15) is 4.57 Å². The third-order valence-electron chi connectivity index (χ3n) is 2.84. The summed E-state index contributed by atoms with van der Waals surface area (Å²) >= 11 is 0. The van der Waals surface area contributed by atoms with Gasteiger partial charge >= 0.3 is 7.75 Å². The summed E-state index contributed by atoms with van der Waals surface area (Å²) in [4.78, 5) is 0. The van der Waals surface area contributed by atoms with Crippen molar-refractivity contribution >= 4 is 7.75 Å². The highest BCUT2D eigenvalue weighted by Gasteiger charge is 2.27. The van der Waals surface area contributed by atoms with Crippen LogP contribution in [0, 0.1) is 5.41 Å². The first-order chi connectivity index (χ1) is 10.3. The molecule has 1 atom stereocenters. The summed E-state index contributed by atoms with van der Waals surface area (Å²) in [6.07, 6.45) is 4.11. The van der Waals surface area contributed by atoms with Crippen LogP contribution in [0.2, 0.25) is 0 Å². The van der Waals surface area contributed by atoms with Crippen molar-refractivity contribution in [1.82, 2.24) is 5.09 Å². The molecule has 0 aliphatic rings. The van der Waals surface area contributed by atoms with E-state index < -0.39 is 7.75 Å². The molecule has 0 aromatic heterocycles. The van der Waals surface area contributed by atoms with Crippen molar-refractivity contribution in [2.45, 2.75) is 40.7 Å². The summed E-state index contributed by atoms with van der Waals surface area (Å²) in [5.74, 6) is 0. The molecule has 0 bridgehead atoms. The molecule has 1 rings (SSSR count). The highest BCUT2D eigenvalue weighted by atomic mass is 31.2. The Labute approximate surface area is 134 Å². The molecule has 0 fully saturated rings. The average Bonchev–Trinajstić information content (AvgIpc) is 2.44. The van der Waals surface area contributed by atoms with Crippen molar-refractivity contribution in [3.8, 4) is 0 Å². The lowest BCUT2D eigenvalue weighted by molar-refractivity contribution is 0.208. The smallest absolute Gasteiger partial charge is 0.297 e. The van der Waals surface area contributed by atoms with Gasteiger partial charge in [-0.05, 0) is 24.8 Å². The van der Waals surface area contributed by atoms with Gasteiger partial charge in [0.05, 0.1) is 19.3 Å². The lowest BCUT2D eigenvalue weighted by atomic mass is 9.94. The third kappa shape index (κ3) is 6.89. The van der Waals surface area contributed by atoms with Gasteiger partial charge in [-0.3, -0.25) is 9.05 Å². The summed E-state index contributed by atoms with van der Waals surface area (Å²) in [6, 6.07) is 9.63. The predicted octanol–water partition coefficient (Wildman–Crippen LogP) is 5.10. The molecule has 1 N–H and O–H groups in total. The Kier molecular flexibility index (Phi) is 7.51. The first-order valence-corrected chi connectivity index (χ1v) is 9.25. The Bertz CT molecular complexity index is 498. The van der Waals surface area contributed by atoms with Gasteiger partial charge in [-0.1, -0.05) is 63.3 Å². The molecule has 0 aliphatic heterocycles. The monoisotopic (exact) mass is 325 g/mol. The Morgan fingerprint density at radius 2 is 1.68 bits per heavy atom. The third-order valence-corrected chi connectivity index (χ3v) is 4.63. The zero-order valence-electron chi connectivity index (χ0n) is 14.2. The lowest BCUT2D eigenvalue weighted by Gasteiger charge is -2.24. The second-order valence-corrected chi connectivity index (χ2v) is 7.85. The van der Waals surface area contributed by atoms with Crippen LogP contribution in [0.5, 0.6) is 0 Å². The summed E-state index contributed by atoms with van der Waals surface area (Å²) in [6.45, 7) is 10.6. The first-order valence-electron chi connectivity index (χ1n) is 7.71. The number of rotatable bonds is 8. The number of nitrogens with one attached hydrogen (secondary N) is 1. The van der Waals surface area contributed by atoms with Crippen molar-refractivity contribution in [1.29, 1.82) is 0 Å². The van der Waals surface area contributed by atoms with Crippen molar-refractivity contribution in [3.05, 3.63) is 48.0 Å². The average molecular weight is 325 g/mol. The first kappa shape index (κ1) is 19.1. The van der Waals surface area contributed by atoms with Crippen LogP contribution in [0.25, 0.3) is 0 Å². The maximum absolute atomic E-state index is 12.7. The van der Waals surface area contributed by atoms with Crippen LogP contribution in [-0.4, -0.2) is 13.2 Å². The van der Waals surface area contributed by atoms with Crippen LogP contribution in [0.4, 0.5) is 0 Å². The van der Waals surface area contributed by atoms with E-state index >= 15 is 0 Å². The summed E-state index contributed by atoms with van der Waals surface area (Å²) < 4.78 is 23.4. The predicted molar refractivity (Wildman–Crippen MR) is 91.8 cm³/mol. The molecule has 22 heavy (non-hydrogen) atoms. The van der Waals surface area contributed by atoms with Gasteiger partial charge in [-0.25, -0.2) is 9.65 Å². The van der Waals surface area contributed by atoms with E-state index in [0.717, 1.165) is 5.56 Å². The van der Waals surface area contributed by atoms with E-state index in [1.165, 1.54) is 0 Å². The van der Waals surface area contributed by atoms with Gasteiger partial charge in [0.15, 0.2) is 0 Å². The number of benzene rings is 1. The van der Waals surface area contributed by atoms with Crippen LogP contribution >= 0.6 is 7.75 Å². The molecule has 0 amide bonds. The quantitative estimate of drug-likeness (QED) is 0.533. The van der Waals surface area contributed by atoms with Gasteiger partial charge in [-0.2, -0.15) is 0 Å². The maximum atomic E-state index is 12.7. The van der Waals surface area contributed by atoms with Crippen molar-refractivity contribution in [2.24, 2.45) is 5.41 Å². The Hall–Kier alpha value is -0.930. The van der Waals surface area contributed by atoms with Crippen LogP contribution in [0.15, 0.2) is 42.5 Å². The minimum Gasteiger partial charge on any atom is -0.297 e. The molecule has 1 unspecified atom stereocenters. The Morgan fingerprint density at radius 1 is 1.14 bits per heavy atom. The largest absolute Gasteiger partial charge is 0.406 e. The van der Waals surface area contributed by atoms with Gasteiger partial charge in [0.1, 0.15) is 0 Å². The van der Waals surface area contributed by atoms with Crippen molar-refractivity contribution in [2.75, 3.05) is 13.2 Å². The SMILES string of the molecule is CCOP(=O)(NC(/C=C/C(C)(C)C)c1ccccc1)OCC. The van der Waals surface area contributed by atoms with Gasteiger partial charge in [-0.15, -0.1) is 0 Å². The highest BCUT2D eigenvalue weighted by Crippen LogP contribution is 2.46. The topological polar surface area (TPSA) is 47.6 Å². The van der Waals surface area contributed by atoms with Crippen LogP contribution < -0.4 is 5.09 Å². The second-order valence-electron chi connectivity index (χ2n) is 6.08. The van der Waals surface area contributed by atoms with Gasteiger partial charge < -0.3 is 0 Å². The van der Waals surface area contributed by atoms with Crippen LogP contribution in [0.1, 0.15) is 46.2 Å². The van der Waals surface area contributed by atoms with Gasteiger partial charge in [0.2, 0.25) is 0 Å². The normalized spacial score (nSPS) is 14.4. The van der Waals surface area contributed by atoms with Crippen LogP contribution in [-0.2, 0) is 13.6 Å². The lowest BCUT2D eigenvalue weighted by Crippen LogP contribution is -2.20. The number of hydrogen-bond donors (Lipinski definition) is 1. The Morgan fingerprint density at radius 3 is 2.14 bits per heavy atom. The van der Waals surface area contributed by atoms with Gasteiger partial charge in [0, 0.05) is 0 Å². The molecule has 0 spiro atoms. The van der Waals surface area contributed by atoms with Crippen molar-refractivity contribution in [3.63, 3.8) is 0 Å². The highest BCUT2D eigenvalue weighted by molar-refractivity contribution is 7.51.